The van der Waals surface area contributed by atoms with Crippen LogP contribution in [0.3, 0.4) is 0 Å². The summed E-state index contributed by atoms with van der Waals surface area (Å²) in [6, 6.07) is 17.4. The van der Waals surface area contributed by atoms with Crippen LogP contribution in [0.5, 0.6) is 0 Å². The lowest BCUT2D eigenvalue weighted by atomic mass is 9.89. The van der Waals surface area contributed by atoms with E-state index in [1.54, 1.807) is 0 Å². The first-order chi connectivity index (χ1) is 11.6. The van der Waals surface area contributed by atoms with E-state index in [0.29, 0.717) is 12.0 Å². The van der Waals surface area contributed by atoms with E-state index in [1.807, 2.05) is 18.2 Å². The maximum Gasteiger partial charge on any atom is 0.178 e. The molecule has 0 bridgehead atoms. The van der Waals surface area contributed by atoms with Crippen molar-refractivity contribution in [3.63, 3.8) is 0 Å². The van der Waals surface area contributed by atoms with Crippen molar-refractivity contribution in [2.24, 2.45) is 0 Å². The molecule has 2 aromatic rings. The Morgan fingerprint density at radius 2 is 1.96 bits per heavy atom. The number of nitrogens with zero attached hydrogens (tertiary/aromatic N) is 2. The lowest BCUT2D eigenvalue weighted by Gasteiger charge is -2.37. The molecule has 1 saturated heterocycles. The maximum absolute atomic E-state index is 5.80. The molecule has 124 valence electrons. The van der Waals surface area contributed by atoms with Crippen LogP contribution in [0.1, 0.15) is 23.5 Å². The van der Waals surface area contributed by atoms with Gasteiger partial charge in [0, 0.05) is 29.9 Å². The van der Waals surface area contributed by atoms with Gasteiger partial charge in [0.25, 0.3) is 0 Å². The molecule has 2 aliphatic rings. The van der Waals surface area contributed by atoms with Crippen molar-refractivity contribution in [3.8, 4) is 0 Å². The first-order valence-corrected chi connectivity index (χ1v) is 8.98. The van der Waals surface area contributed by atoms with Gasteiger partial charge in [-0.1, -0.05) is 35.9 Å². The molecule has 4 rings (SSSR count). The average molecular weight is 337 g/mol. The fourth-order valence-corrected chi connectivity index (χ4v) is 4.40. The minimum absolute atomic E-state index is 0.460. The van der Waals surface area contributed by atoms with Gasteiger partial charge < -0.3 is 15.1 Å². The van der Waals surface area contributed by atoms with Gasteiger partial charge >= 0.3 is 0 Å². The summed E-state index contributed by atoms with van der Waals surface area (Å²) < 4.78 is 0. The number of piperidine rings is 1. The fourth-order valence-electron chi connectivity index (χ4n) is 4.05. The number of para-hydroxylation sites is 1. The Kier molecular flexibility index (Phi) is 4.02. The normalized spacial score (nSPS) is 22.8. The second-order valence-electron chi connectivity index (χ2n) is 6.95. The number of likely N-dealkylation sites (N-methyl/N-ethyl adjacent to an activating group) is 1. The van der Waals surface area contributed by atoms with E-state index in [9.17, 15) is 0 Å². The second-order valence-corrected chi connectivity index (χ2v) is 7.34. The number of hydrogen-bond donors (Lipinski definition) is 1. The Morgan fingerprint density at radius 1 is 1.17 bits per heavy atom. The van der Waals surface area contributed by atoms with Gasteiger partial charge in [0.2, 0.25) is 0 Å². The molecule has 2 aliphatic heterocycles. The number of fused-ring (bicyclic) bond motifs is 3. The molecular weight excluding hydrogens is 314 g/mol. The molecule has 0 spiro atoms. The summed E-state index contributed by atoms with van der Waals surface area (Å²) in [6.45, 7) is 4.40. The molecule has 24 heavy (non-hydrogen) atoms. The Bertz CT molecular complexity index is 759. The number of aryl methyl sites for hydroxylation is 1. The lowest BCUT2D eigenvalue weighted by Crippen LogP contribution is -2.48. The predicted molar refractivity (Wildman–Crippen MR) is 105 cm³/mol. The summed E-state index contributed by atoms with van der Waals surface area (Å²) in [6.07, 6.45) is 1.14. The number of hydrogen-bond acceptors (Lipinski definition) is 2. The third kappa shape index (κ3) is 2.70. The van der Waals surface area contributed by atoms with Crippen LogP contribution in [-0.4, -0.2) is 36.2 Å². The van der Waals surface area contributed by atoms with Crippen molar-refractivity contribution in [3.05, 3.63) is 59.7 Å². The molecule has 0 amide bonds. The summed E-state index contributed by atoms with van der Waals surface area (Å²) >= 11 is 5.80. The van der Waals surface area contributed by atoms with Crippen molar-refractivity contribution in [2.75, 3.05) is 30.4 Å². The van der Waals surface area contributed by atoms with E-state index in [2.05, 4.69) is 59.4 Å². The Balaban J connectivity index is 1.68. The third-order valence-corrected chi connectivity index (χ3v) is 5.50. The quantitative estimate of drug-likeness (QED) is 0.793. The van der Waals surface area contributed by atoms with Gasteiger partial charge in [-0.15, -0.1) is 0 Å². The highest BCUT2D eigenvalue weighted by molar-refractivity contribution is 7.80. The molecule has 2 atom stereocenters. The highest BCUT2D eigenvalue weighted by Crippen LogP contribution is 2.45. The molecule has 1 fully saturated rings. The number of thiocarbonyl (C=S) groups is 1. The number of likely N-dealkylation sites (tertiary alicyclic amines) is 1. The van der Waals surface area contributed by atoms with Crippen LogP contribution in [0.4, 0.5) is 11.4 Å². The smallest absolute Gasteiger partial charge is 0.178 e. The Labute approximate surface area is 149 Å². The third-order valence-electron chi connectivity index (χ3n) is 5.20. The van der Waals surface area contributed by atoms with Gasteiger partial charge in [0.05, 0.1) is 0 Å². The highest BCUT2D eigenvalue weighted by atomic mass is 32.1. The minimum atomic E-state index is 0.460. The molecular formula is C20H23N3S. The van der Waals surface area contributed by atoms with Crippen LogP contribution in [0.15, 0.2) is 48.5 Å². The molecule has 0 aliphatic carbocycles. The zero-order chi connectivity index (χ0) is 16.7. The van der Waals surface area contributed by atoms with Gasteiger partial charge in [-0.2, -0.15) is 0 Å². The van der Waals surface area contributed by atoms with Crippen LogP contribution in [0.2, 0.25) is 0 Å². The molecule has 3 nitrogen and oxygen atoms in total. The van der Waals surface area contributed by atoms with Crippen LogP contribution in [0.25, 0.3) is 0 Å². The van der Waals surface area contributed by atoms with Crippen molar-refractivity contribution >= 4 is 28.7 Å². The topological polar surface area (TPSA) is 18.5 Å². The van der Waals surface area contributed by atoms with Gasteiger partial charge in [-0.25, -0.2) is 0 Å². The molecule has 4 heteroatoms. The van der Waals surface area contributed by atoms with Crippen LogP contribution in [0, 0.1) is 6.92 Å². The van der Waals surface area contributed by atoms with E-state index in [-0.39, 0.29) is 0 Å². The van der Waals surface area contributed by atoms with E-state index < -0.39 is 0 Å². The number of nitrogens with one attached hydrogen (secondary N) is 1. The number of benzene rings is 2. The van der Waals surface area contributed by atoms with Gasteiger partial charge in [0.15, 0.2) is 5.11 Å². The lowest BCUT2D eigenvalue weighted by molar-refractivity contribution is 0.237. The SMILES string of the molecule is Cc1ccc2c(c1)C1CN(C)CCC1N2C(=S)Nc1ccccc1. The van der Waals surface area contributed by atoms with Gasteiger partial charge in [-0.3, -0.25) is 0 Å². The van der Waals surface area contributed by atoms with Crippen molar-refractivity contribution in [1.29, 1.82) is 0 Å². The zero-order valence-electron chi connectivity index (χ0n) is 14.2. The molecule has 2 heterocycles. The maximum atomic E-state index is 5.80. The summed E-state index contributed by atoms with van der Waals surface area (Å²) in [4.78, 5) is 4.79. The molecule has 1 N–H and O–H groups in total. The summed E-state index contributed by atoms with van der Waals surface area (Å²) in [7, 11) is 2.22. The van der Waals surface area contributed by atoms with Crippen molar-refractivity contribution < 1.29 is 0 Å². The van der Waals surface area contributed by atoms with Crippen LogP contribution < -0.4 is 10.2 Å². The second kappa shape index (κ2) is 6.19. The van der Waals surface area contributed by atoms with E-state index in [4.69, 9.17) is 12.2 Å². The van der Waals surface area contributed by atoms with Crippen LogP contribution >= 0.6 is 12.2 Å². The van der Waals surface area contributed by atoms with Crippen molar-refractivity contribution in [2.45, 2.75) is 25.3 Å². The molecule has 0 saturated carbocycles. The first kappa shape index (κ1) is 15.6. The molecule has 0 radical (unpaired) electrons. The predicted octanol–water partition coefficient (Wildman–Crippen LogP) is 4.00. The largest absolute Gasteiger partial charge is 0.332 e. The van der Waals surface area contributed by atoms with Gasteiger partial charge in [-0.05, 0) is 62.9 Å². The number of rotatable bonds is 1. The molecule has 2 unspecified atom stereocenters. The number of anilines is 2. The fraction of sp³-hybridized carbons (Fsp3) is 0.350. The van der Waals surface area contributed by atoms with Crippen LogP contribution in [-0.2, 0) is 0 Å². The summed E-state index contributed by atoms with van der Waals surface area (Å²) in [5.74, 6) is 0.536. The molecule has 2 aromatic carbocycles. The standard InChI is InChI=1S/C20H23N3S/c1-14-8-9-18-16(12-14)17-13-22(2)11-10-19(17)23(18)20(24)21-15-6-4-3-5-7-15/h3-9,12,17,19H,10-11,13H2,1-2H3,(H,21,24). The monoisotopic (exact) mass is 337 g/mol. The van der Waals surface area contributed by atoms with E-state index in [1.165, 1.54) is 16.8 Å². The highest BCUT2D eigenvalue weighted by Gasteiger charge is 2.42. The summed E-state index contributed by atoms with van der Waals surface area (Å²) in [5.41, 5.74) is 5.10. The minimum Gasteiger partial charge on any atom is -0.332 e. The molecule has 0 aromatic heterocycles. The zero-order valence-corrected chi connectivity index (χ0v) is 15.0. The Morgan fingerprint density at radius 3 is 2.75 bits per heavy atom. The Hall–Kier alpha value is -1.91. The van der Waals surface area contributed by atoms with E-state index in [0.717, 1.165) is 30.3 Å². The van der Waals surface area contributed by atoms with Gasteiger partial charge in [0.1, 0.15) is 0 Å². The first-order valence-electron chi connectivity index (χ1n) is 8.58. The van der Waals surface area contributed by atoms with E-state index >= 15 is 0 Å². The summed E-state index contributed by atoms with van der Waals surface area (Å²) in [5, 5.41) is 4.24. The van der Waals surface area contributed by atoms with Crippen molar-refractivity contribution in [1.82, 2.24) is 4.90 Å². The average Bonchev–Trinajstić information content (AvgIpc) is 2.89.